The Morgan fingerprint density at radius 2 is 2.31 bits per heavy atom. The average molecular weight is 226 g/mol. The molecule has 1 heterocycles. The Kier molecular flexibility index (Phi) is 4.01. The van der Waals surface area contributed by atoms with Gasteiger partial charge in [0.1, 0.15) is 5.82 Å². The lowest BCUT2D eigenvalue weighted by atomic mass is 10.2. The Labute approximate surface area is 92.7 Å². The predicted molar refractivity (Wildman–Crippen MR) is 59.0 cm³/mol. The van der Waals surface area contributed by atoms with Gasteiger partial charge in [-0.3, -0.25) is 10.1 Å². The van der Waals surface area contributed by atoms with Gasteiger partial charge in [-0.2, -0.15) is 4.98 Å². The van der Waals surface area contributed by atoms with Gasteiger partial charge in [0, 0.05) is 6.07 Å². The number of hydrogen-bond acceptors (Lipinski definition) is 6. The van der Waals surface area contributed by atoms with Gasteiger partial charge in [-0.15, -0.1) is 0 Å². The number of nitrogens with zero attached hydrogens (tertiary/aromatic N) is 2. The summed E-state index contributed by atoms with van der Waals surface area (Å²) in [5, 5.41) is 10.7. The molecule has 0 bridgehead atoms. The van der Waals surface area contributed by atoms with E-state index in [0.717, 1.165) is 0 Å². The van der Waals surface area contributed by atoms with Crippen LogP contribution in [-0.2, 0) is 0 Å². The molecule has 1 aromatic heterocycles. The number of hydrazine groups is 1. The summed E-state index contributed by atoms with van der Waals surface area (Å²) in [7, 11) is 0. The van der Waals surface area contributed by atoms with Crippen LogP contribution in [0.3, 0.4) is 0 Å². The molecule has 0 unspecified atom stereocenters. The fourth-order valence-corrected chi connectivity index (χ4v) is 1.00. The summed E-state index contributed by atoms with van der Waals surface area (Å²) in [6.07, 6.45) is 0. The van der Waals surface area contributed by atoms with E-state index in [-0.39, 0.29) is 17.5 Å². The molecule has 0 spiro atoms. The van der Waals surface area contributed by atoms with Crippen molar-refractivity contribution in [2.75, 3.05) is 12.0 Å². The second-order valence-electron chi connectivity index (χ2n) is 3.63. The van der Waals surface area contributed by atoms with Crippen molar-refractivity contribution in [2.24, 2.45) is 11.8 Å². The highest BCUT2D eigenvalue weighted by Crippen LogP contribution is 2.26. The number of nitrogens with two attached hydrogens (primary N) is 1. The van der Waals surface area contributed by atoms with E-state index in [0.29, 0.717) is 12.4 Å². The number of hydrogen-bond donors (Lipinski definition) is 2. The molecule has 0 aromatic carbocycles. The average Bonchev–Trinajstić information content (AvgIpc) is 2.25. The van der Waals surface area contributed by atoms with Gasteiger partial charge < -0.3 is 10.2 Å². The van der Waals surface area contributed by atoms with Crippen molar-refractivity contribution < 1.29 is 9.66 Å². The fraction of sp³-hybridized carbons (Fsp3) is 0.444. The van der Waals surface area contributed by atoms with E-state index in [1.807, 2.05) is 13.8 Å². The van der Waals surface area contributed by atoms with E-state index in [2.05, 4.69) is 10.4 Å². The van der Waals surface area contributed by atoms with Crippen LogP contribution >= 0.6 is 0 Å². The molecule has 0 fully saturated rings. The van der Waals surface area contributed by atoms with E-state index in [1.165, 1.54) is 12.1 Å². The van der Waals surface area contributed by atoms with Crippen LogP contribution in [0.2, 0.25) is 0 Å². The van der Waals surface area contributed by atoms with Crippen LogP contribution in [0.1, 0.15) is 13.8 Å². The number of nitrogen functional groups attached to an aromatic ring is 1. The van der Waals surface area contributed by atoms with Crippen LogP contribution in [0, 0.1) is 16.0 Å². The Hall–Kier alpha value is -1.89. The van der Waals surface area contributed by atoms with Crippen molar-refractivity contribution in [3.05, 3.63) is 22.2 Å². The molecule has 1 aromatic rings. The summed E-state index contributed by atoms with van der Waals surface area (Å²) in [5.74, 6) is 5.73. The lowest BCUT2D eigenvalue weighted by Crippen LogP contribution is -2.11. The number of anilines is 1. The molecule has 0 atom stereocenters. The minimum Gasteiger partial charge on any atom is -0.472 e. The minimum absolute atomic E-state index is 0.0193. The van der Waals surface area contributed by atoms with Crippen LogP contribution in [0.15, 0.2) is 12.1 Å². The first-order valence-corrected chi connectivity index (χ1v) is 4.79. The molecule has 0 aliphatic carbocycles. The molecule has 0 radical (unpaired) electrons. The van der Waals surface area contributed by atoms with Crippen molar-refractivity contribution in [1.29, 1.82) is 0 Å². The molecule has 0 saturated carbocycles. The molecule has 0 saturated heterocycles. The molecule has 7 heteroatoms. The zero-order chi connectivity index (χ0) is 12.1. The van der Waals surface area contributed by atoms with Crippen molar-refractivity contribution in [2.45, 2.75) is 13.8 Å². The number of nitro groups is 1. The fourth-order valence-electron chi connectivity index (χ4n) is 1.00. The Balaban J connectivity index is 2.96. The van der Waals surface area contributed by atoms with Gasteiger partial charge in [-0.05, 0) is 12.0 Å². The molecule has 3 N–H and O–H groups in total. The van der Waals surface area contributed by atoms with Crippen LogP contribution in [0.25, 0.3) is 0 Å². The number of pyridine rings is 1. The number of aromatic nitrogens is 1. The van der Waals surface area contributed by atoms with Crippen LogP contribution in [0.4, 0.5) is 11.5 Å². The Morgan fingerprint density at radius 3 is 2.81 bits per heavy atom. The zero-order valence-electron chi connectivity index (χ0n) is 9.14. The van der Waals surface area contributed by atoms with E-state index < -0.39 is 4.92 Å². The highest BCUT2D eigenvalue weighted by atomic mass is 16.6. The summed E-state index contributed by atoms with van der Waals surface area (Å²) in [4.78, 5) is 14.0. The van der Waals surface area contributed by atoms with Gasteiger partial charge >= 0.3 is 5.69 Å². The summed E-state index contributed by atoms with van der Waals surface area (Å²) in [5.41, 5.74) is 2.14. The molecule has 0 aliphatic rings. The SMILES string of the molecule is CC(C)COc1nc(NN)ccc1[N+](=O)[O-]. The largest absolute Gasteiger partial charge is 0.472 e. The molecule has 1 rings (SSSR count). The molecule has 88 valence electrons. The molecule has 7 nitrogen and oxygen atoms in total. The van der Waals surface area contributed by atoms with Crippen molar-refractivity contribution in [3.8, 4) is 5.88 Å². The van der Waals surface area contributed by atoms with Crippen molar-refractivity contribution in [3.63, 3.8) is 0 Å². The quantitative estimate of drug-likeness (QED) is 0.445. The van der Waals surface area contributed by atoms with Crippen LogP contribution in [-0.4, -0.2) is 16.5 Å². The molecular formula is C9H14N4O3. The van der Waals surface area contributed by atoms with Crippen molar-refractivity contribution >= 4 is 11.5 Å². The maximum Gasteiger partial charge on any atom is 0.331 e. The van der Waals surface area contributed by atoms with Gasteiger partial charge in [0.05, 0.1) is 11.5 Å². The lowest BCUT2D eigenvalue weighted by molar-refractivity contribution is -0.386. The van der Waals surface area contributed by atoms with E-state index in [9.17, 15) is 10.1 Å². The predicted octanol–water partition coefficient (Wildman–Crippen LogP) is 1.31. The summed E-state index contributed by atoms with van der Waals surface area (Å²) in [6, 6.07) is 2.72. The molecular weight excluding hydrogens is 212 g/mol. The molecule has 0 aliphatic heterocycles. The summed E-state index contributed by atoms with van der Waals surface area (Å²) >= 11 is 0. The minimum atomic E-state index is -0.539. The second kappa shape index (κ2) is 5.26. The lowest BCUT2D eigenvalue weighted by Gasteiger charge is -2.08. The third kappa shape index (κ3) is 3.06. The third-order valence-electron chi connectivity index (χ3n) is 1.74. The first kappa shape index (κ1) is 12.2. The maximum absolute atomic E-state index is 10.7. The highest BCUT2D eigenvalue weighted by Gasteiger charge is 2.17. The van der Waals surface area contributed by atoms with Gasteiger partial charge in [0.15, 0.2) is 0 Å². The highest BCUT2D eigenvalue weighted by molar-refractivity contribution is 5.48. The van der Waals surface area contributed by atoms with Gasteiger partial charge in [0.2, 0.25) is 0 Å². The second-order valence-corrected chi connectivity index (χ2v) is 3.63. The first-order chi connectivity index (χ1) is 7.54. The van der Waals surface area contributed by atoms with E-state index in [1.54, 1.807) is 0 Å². The van der Waals surface area contributed by atoms with Gasteiger partial charge in [-0.25, -0.2) is 5.84 Å². The Morgan fingerprint density at radius 1 is 1.62 bits per heavy atom. The smallest absolute Gasteiger partial charge is 0.331 e. The maximum atomic E-state index is 10.7. The number of nitrogens with one attached hydrogen (secondary N) is 1. The Bertz CT molecular complexity index is 381. The number of ether oxygens (including phenoxy) is 1. The topological polar surface area (TPSA) is 103 Å². The first-order valence-electron chi connectivity index (χ1n) is 4.79. The molecule has 0 amide bonds. The summed E-state index contributed by atoms with van der Waals surface area (Å²) in [6.45, 7) is 4.25. The molecule has 16 heavy (non-hydrogen) atoms. The standard InChI is InChI=1S/C9H14N4O3/c1-6(2)5-16-9-7(13(14)15)3-4-8(11-9)12-10/h3-4,6H,5,10H2,1-2H3,(H,11,12). The van der Waals surface area contributed by atoms with E-state index in [4.69, 9.17) is 10.6 Å². The zero-order valence-corrected chi connectivity index (χ0v) is 9.14. The van der Waals surface area contributed by atoms with Crippen molar-refractivity contribution in [1.82, 2.24) is 4.98 Å². The summed E-state index contributed by atoms with van der Waals surface area (Å²) < 4.78 is 5.25. The van der Waals surface area contributed by atoms with Crippen LogP contribution in [0.5, 0.6) is 5.88 Å². The van der Waals surface area contributed by atoms with Gasteiger partial charge in [-0.1, -0.05) is 13.8 Å². The van der Waals surface area contributed by atoms with E-state index >= 15 is 0 Å². The number of rotatable bonds is 5. The normalized spacial score (nSPS) is 10.2. The third-order valence-corrected chi connectivity index (χ3v) is 1.74. The van der Waals surface area contributed by atoms with Crippen LogP contribution < -0.4 is 16.0 Å². The van der Waals surface area contributed by atoms with Gasteiger partial charge in [0.25, 0.3) is 5.88 Å². The monoisotopic (exact) mass is 226 g/mol.